The molecule has 5 atom stereocenters. The van der Waals surface area contributed by atoms with Crippen molar-refractivity contribution in [3.8, 4) is 0 Å². The monoisotopic (exact) mass is 427 g/mol. The van der Waals surface area contributed by atoms with Gasteiger partial charge in [-0.2, -0.15) is 0 Å². The van der Waals surface area contributed by atoms with E-state index in [1.807, 2.05) is 39.0 Å². The number of likely N-dealkylation sites (tertiary alicyclic amines) is 1. The lowest BCUT2D eigenvalue weighted by molar-refractivity contribution is -0.132. The zero-order valence-electron chi connectivity index (χ0n) is 19.1. The molecule has 4 rings (SSSR count). The fraction of sp³-hybridized carbons (Fsp3) is 0.680. The Balaban J connectivity index is 1.49. The van der Waals surface area contributed by atoms with Crippen LogP contribution >= 0.6 is 0 Å². The smallest absolute Gasteiger partial charge is 0.407 e. The maximum Gasteiger partial charge on any atom is 0.407 e. The molecule has 0 spiro atoms. The Morgan fingerprint density at radius 1 is 1.16 bits per heavy atom. The van der Waals surface area contributed by atoms with E-state index < -0.39 is 0 Å². The van der Waals surface area contributed by atoms with Crippen molar-refractivity contribution in [1.29, 1.82) is 0 Å². The minimum Gasteiger partial charge on any atom is -0.443 e. The summed E-state index contributed by atoms with van der Waals surface area (Å²) in [5.41, 5.74) is 0.917. The van der Waals surface area contributed by atoms with Crippen LogP contribution in [0.1, 0.15) is 58.4 Å². The van der Waals surface area contributed by atoms with E-state index in [1.165, 1.54) is 31.2 Å². The van der Waals surface area contributed by atoms with E-state index in [4.69, 9.17) is 4.74 Å². The van der Waals surface area contributed by atoms with Crippen molar-refractivity contribution in [3.05, 3.63) is 35.9 Å². The summed E-state index contributed by atoms with van der Waals surface area (Å²) < 4.78 is 5.69. The fourth-order valence-corrected chi connectivity index (χ4v) is 5.57. The van der Waals surface area contributed by atoms with Crippen LogP contribution < -0.4 is 10.6 Å². The number of carbonyl (C=O) groups is 2. The maximum atomic E-state index is 13.2. The van der Waals surface area contributed by atoms with E-state index >= 15 is 0 Å². The first-order valence-corrected chi connectivity index (χ1v) is 11.9. The van der Waals surface area contributed by atoms with Crippen LogP contribution in [0, 0.1) is 11.8 Å². The van der Waals surface area contributed by atoms with Crippen LogP contribution in [0.15, 0.2) is 30.3 Å². The van der Waals surface area contributed by atoms with Crippen LogP contribution in [0.25, 0.3) is 0 Å². The lowest BCUT2D eigenvalue weighted by Gasteiger charge is -2.46. The lowest BCUT2D eigenvalue weighted by Crippen LogP contribution is -2.59. The first-order valence-electron chi connectivity index (χ1n) is 11.9. The van der Waals surface area contributed by atoms with Crippen LogP contribution in [-0.2, 0) is 16.0 Å². The summed E-state index contributed by atoms with van der Waals surface area (Å²) in [6, 6.07) is 9.95. The molecule has 170 valence electrons. The Labute approximate surface area is 186 Å². The van der Waals surface area contributed by atoms with Crippen LogP contribution in [0.3, 0.4) is 0 Å². The van der Waals surface area contributed by atoms with Crippen molar-refractivity contribution >= 4 is 12.0 Å². The van der Waals surface area contributed by atoms with E-state index in [1.54, 1.807) is 0 Å². The third-order valence-electron chi connectivity index (χ3n) is 7.03. The Morgan fingerprint density at radius 3 is 2.58 bits per heavy atom. The average molecular weight is 428 g/mol. The number of hydrogen-bond donors (Lipinski definition) is 2. The molecule has 1 aliphatic carbocycles. The first kappa shape index (κ1) is 22.1. The van der Waals surface area contributed by atoms with Gasteiger partial charge in [-0.15, -0.1) is 0 Å². The highest BCUT2D eigenvalue weighted by molar-refractivity contribution is 5.82. The number of benzene rings is 1. The molecular formula is C25H37N3O3. The molecule has 2 saturated heterocycles. The molecule has 0 bridgehead atoms. The second kappa shape index (κ2) is 9.19. The van der Waals surface area contributed by atoms with Crippen molar-refractivity contribution in [3.63, 3.8) is 0 Å². The van der Waals surface area contributed by atoms with Gasteiger partial charge < -0.3 is 15.4 Å². The zero-order valence-corrected chi connectivity index (χ0v) is 19.1. The molecule has 0 unspecified atom stereocenters. The summed E-state index contributed by atoms with van der Waals surface area (Å²) >= 11 is 0. The van der Waals surface area contributed by atoms with Crippen molar-refractivity contribution in [1.82, 2.24) is 15.5 Å². The molecule has 2 N–H and O–H groups in total. The largest absolute Gasteiger partial charge is 0.443 e. The fourth-order valence-electron chi connectivity index (χ4n) is 5.57. The second-order valence-electron chi connectivity index (χ2n) is 10.6. The Bertz CT molecular complexity index is 776. The van der Waals surface area contributed by atoms with Gasteiger partial charge in [0.1, 0.15) is 6.10 Å². The Kier molecular flexibility index (Phi) is 6.56. The Morgan fingerprint density at radius 2 is 1.87 bits per heavy atom. The van der Waals surface area contributed by atoms with Crippen molar-refractivity contribution < 1.29 is 14.3 Å². The van der Waals surface area contributed by atoms with E-state index in [9.17, 15) is 9.59 Å². The number of cyclic esters (lactones) is 1. The third-order valence-corrected chi connectivity index (χ3v) is 7.03. The van der Waals surface area contributed by atoms with Crippen LogP contribution in [0.5, 0.6) is 0 Å². The molecule has 2 heterocycles. The number of carbonyl (C=O) groups excluding carboxylic acids is 2. The number of alkyl carbamates (subject to hydrolysis) is 1. The molecule has 3 fully saturated rings. The van der Waals surface area contributed by atoms with Crippen LogP contribution in [0.2, 0.25) is 0 Å². The molecule has 6 heteroatoms. The number of nitrogens with one attached hydrogen (secondary N) is 2. The van der Waals surface area contributed by atoms with Gasteiger partial charge in [0.2, 0.25) is 5.91 Å². The number of fused-ring (bicyclic) bond motifs is 1. The molecular weight excluding hydrogens is 390 g/mol. The molecule has 31 heavy (non-hydrogen) atoms. The zero-order chi connectivity index (χ0) is 22.0. The highest BCUT2D eigenvalue weighted by atomic mass is 16.6. The SMILES string of the molecule is CC(C)(C)NC(=O)[C@@H]1C[C@@H]2CCCC[C@@H]2CN1C[C@H]1OC(=O)N[C@H]1Cc1ccccc1. The van der Waals surface area contributed by atoms with E-state index in [0.717, 1.165) is 19.4 Å². The highest BCUT2D eigenvalue weighted by Crippen LogP contribution is 2.39. The quantitative estimate of drug-likeness (QED) is 0.755. The maximum absolute atomic E-state index is 13.2. The highest BCUT2D eigenvalue weighted by Gasteiger charge is 2.44. The normalized spacial score (nSPS) is 31.5. The summed E-state index contributed by atoms with van der Waals surface area (Å²) in [6.45, 7) is 7.60. The van der Waals surface area contributed by atoms with Gasteiger partial charge in [-0.1, -0.05) is 49.6 Å². The molecule has 0 radical (unpaired) electrons. The third kappa shape index (κ3) is 5.59. The summed E-state index contributed by atoms with van der Waals surface area (Å²) in [4.78, 5) is 27.6. The minimum atomic E-state index is -0.353. The van der Waals surface area contributed by atoms with Crippen molar-refractivity contribution in [2.45, 2.75) is 83.0 Å². The summed E-state index contributed by atoms with van der Waals surface area (Å²) in [6.07, 6.45) is 6.06. The second-order valence-corrected chi connectivity index (χ2v) is 10.6. The van der Waals surface area contributed by atoms with E-state index in [2.05, 4.69) is 27.7 Å². The van der Waals surface area contributed by atoms with Gasteiger partial charge in [-0.3, -0.25) is 9.69 Å². The Hall–Kier alpha value is -2.08. The van der Waals surface area contributed by atoms with Gasteiger partial charge in [-0.05, 0) is 57.4 Å². The molecule has 2 amide bonds. The molecule has 0 aromatic heterocycles. The van der Waals surface area contributed by atoms with Crippen LogP contribution in [0.4, 0.5) is 4.79 Å². The number of hydrogen-bond acceptors (Lipinski definition) is 4. The molecule has 6 nitrogen and oxygen atoms in total. The lowest BCUT2D eigenvalue weighted by atomic mass is 9.72. The van der Waals surface area contributed by atoms with E-state index in [0.29, 0.717) is 18.4 Å². The van der Waals surface area contributed by atoms with Gasteiger partial charge in [-0.25, -0.2) is 4.79 Å². The standard InChI is InChI=1S/C25H37N3O3/c1-25(2,3)27-23(29)21-14-18-11-7-8-12-19(18)15-28(21)16-22-20(26-24(30)31-22)13-17-9-5-4-6-10-17/h4-6,9-10,18-22H,7-8,11-16H2,1-3H3,(H,26,30)(H,27,29)/t18-,19+,20-,21-,22+/m0/s1. The predicted octanol–water partition coefficient (Wildman–Crippen LogP) is 3.50. The number of amides is 2. The average Bonchev–Trinajstić information content (AvgIpc) is 3.05. The first-order chi connectivity index (χ1) is 14.8. The number of ether oxygens (including phenoxy) is 1. The van der Waals surface area contributed by atoms with E-state index in [-0.39, 0.29) is 35.7 Å². The molecule has 1 saturated carbocycles. The van der Waals surface area contributed by atoms with Gasteiger partial charge in [0.15, 0.2) is 0 Å². The van der Waals surface area contributed by atoms with Gasteiger partial charge >= 0.3 is 6.09 Å². The molecule has 1 aromatic carbocycles. The number of piperidine rings is 1. The number of nitrogens with zero attached hydrogens (tertiary/aromatic N) is 1. The topological polar surface area (TPSA) is 70.7 Å². The van der Waals surface area contributed by atoms with Gasteiger partial charge in [0, 0.05) is 18.6 Å². The van der Waals surface area contributed by atoms with Crippen molar-refractivity contribution in [2.24, 2.45) is 11.8 Å². The number of rotatable bonds is 5. The van der Waals surface area contributed by atoms with Gasteiger partial charge in [0.05, 0.1) is 12.1 Å². The summed E-state index contributed by atoms with van der Waals surface area (Å²) in [5.74, 6) is 1.38. The minimum absolute atomic E-state index is 0.0784. The van der Waals surface area contributed by atoms with Gasteiger partial charge in [0.25, 0.3) is 0 Å². The van der Waals surface area contributed by atoms with Crippen molar-refractivity contribution in [2.75, 3.05) is 13.1 Å². The molecule has 3 aliphatic rings. The van der Waals surface area contributed by atoms with Crippen LogP contribution in [-0.4, -0.2) is 53.7 Å². The molecule has 2 aliphatic heterocycles. The summed E-state index contributed by atoms with van der Waals surface area (Å²) in [7, 11) is 0. The summed E-state index contributed by atoms with van der Waals surface area (Å²) in [5, 5.41) is 6.19. The molecule has 1 aromatic rings. The predicted molar refractivity (Wildman–Crippen MR) is 121 cm³/mol.